The second-order valence-corrected chi connectivity index (χ2v) is 6.73. The van der Waals surface area contributed by atoms with Gasteiger partial charge < -0.3 is 30.3 Å². The van der Waals surface area contributed by atoms with Gasteiger partial charge in [0.1, 0.15) is 18.3 Å². The van der Waals surface area contributed by atoms with Crippen LogP contribution in [-0.2, 0) is 9.53 Å². The van der Waals surface area contributed by atoms with Gasteiger partial charge in [-0.1, -0.05) is 58.3 Å². The minimum Gasteiger partial charge on any atom is -0.479 e. The van der Waals surface area contributed by atoms with Crippen LogP contribution < -0.4 is 0 Å². The maximum Gasteiger partial charge on any atom is 0.335 e. The molecule has 0 saturated carbocycles. The first-order valence-electron chi connectivity index (χ1n) is 9.00. The highest BCUT2D eigenvalue weighted by Crippen LogP contribution is 2.32. The first kappa shape index (κ1) is 21.3. The molecule has 0 aromatic carbocycles. The normalized spacial score (nSPS) is 33.5. The number of aliphatic hydroxyl groups is 4. The molecule has 5 N–H and O–H groups in total. The number of carbonyl (C=O) groups is 1. The number of aliphatic hydroxyl groups excluding tert-OH is 3. The molecule has 1 fully saturated rings. The van der Waals surface area contributed by atoms with Gasteiger partial charge in [0.15, 0.2) is 11.9 Å². The summed E-state index contributed by atoms with van der Waals surface area (Å²) < 4.78 is 5.00. The van der Waals surface area contributed by atoms with Crippen molar-refractivity contribution in [3.8, 4) is 0 Å². The van der Waals surface area contributed by atoms with Crippen molar-refractivity contribution in [3.63, 3.8) is 0 Å². The molecule has 0 radical (unpaired) electrons. The fourth-order valence-corrected chi connectivity index (χ4v) is 3.08. The topological polar surface area (TPSA) is 127 Å². The molecular formula is C17H32O7. The average Bonchev–Trinajstić information content (AvgIpc) is 2.55. The average molecular weight is 348 g/mol. The van der Waals surface area contributed by atoms with Gasteiger partial charge in [0, 0.05) is 6.42 Å². The molecule has 7 heteroatoms. The molecule has 7 nitrogen and oxygen atoms in total. The summed E-state index contributed by atoms with van der Waals surface area (Å²) >= 11 is 0. The maximum absolute atomic E-state index is 11.0. The van der Waals surface area contributed by atoms with Crippen LogP contribution in [0.25, 0.3) is 0 Å². The van der Waals surface area contributed by atoms with Gasteiger partial charge in [-0.15, -0.1) is 0 Å². The van der Waals surface area contributed by atoms with E-state index in [1.165, 1.54) is 32.1 Å². The molecule has 0 bridgehead atoms. The first-order chi connectivity index (χ1) is 11.3. The third-order valence-corrected chi connectivity index (χ3v) is 4.66. The minimum atomic E-state index is -2.15. The van der Waals surface area contributed by atoms with Gasteiger partial charge in [0.25, 0.3) is 0 Å². The molecule has 0 aliphatic carbocycles. The molecule has 142 valence electrons. The minimum absolute atomic E-state index is 0.0115. The Bertz CT molecular complexity index is 376. The summed E-state index contributed by atoms with van der Waals surface area (Å²) in [7, 11) is 0. The highest BCUT2D eigenvalue weighted by molar-refractivity contribution is 5.73. The zero-order chi connectivity index (χ0) is 18.2. The van der Waals surface area contributed by atoms with Crippen molar-refractivity contribution in [3.05, 3.63) is 0 Å². The van der Waals surface area contributed by atoms with Crippen molar-refractivity contribution < 1.29 is 35.1 Å². The van der Waals surface area contributed by atoms with Crippen LogP contribution in [0.3, 0.4) is 0 Å². The van der Waals surface area contributed by atoms with Gasteiger partial charge in [-0.25, -0.2) is 4.79 Å². The fourth-order valence-electron chi connectivity index (χ4n) is 3.08. The number of hydrogen-bond donors (Lipinski definition) is 5. The van der Waals surface area contributed by atoms with Gasteiger partial charge in [-0.05, 0) is 6.42 Å². The summed E-state index contributed by atoms with van der Waals surface area (Å²) in [5.74, 6) is -3.64. The summed E-state index contributed by atoms with van der Waals surface area (Å²) in [6, 6.07) is 0. The molecule has 0 unspecified atom stereocenters. The highest BCUT2D eigenvalue weighted by Gasteiger charge is 2.54. The Morgan fingerprint density at radius 3 is 1.92 bits per heavy atom. The molecule has 24 heavy (non-hydrogen) atoms. The largest absolute Gasteiger partial charge is 0.479 e. The van der Waals surface area contributed by atoms with Crippen LogP contribution in [-0.4, -0.2) is 61.7 Å². The van der Waals surface area contributed by atoms with E-state index in [-0.39, 0.29) is 6.42 Å². The van der Waals surface area contributed by atoms with Crippen molar-refractivity contribution in [2.45, 2.75) is 101 Å². The number of carboxylic acid groups (broad SMARTS) is 1. The number of rotatable bonds is 11. The molecule has 1 saturated heterocycles. The van der Waals surface area contributed by atoms with Crippen molar-refractivity contribution in [1.29, 1.82) is 0 Å². The second-order valence-electron chi connectivity index (χ2n) is 6.73. The molecule has 0 aromatic rings. The van der Waals surface area contributed by atoms with Gasteiger partial charge in [-0.3, -0.25) is 0 Å². The van der Waals surface area contributed by atoms with E-state index in [0.29, 0.717) is 6.42 Å². The number of unbranched alkanes of at least 4 members (excludes halogenated alkanes) is 8. The van der Waals surface area contributed by atoms with E-state index in [1.807, 2.05) is 0 Å². The van der Waals surface area contributed by atoms with Crippen molar-refractivity contribution in [2.75, 3.05) is 0 Å². The van der Waals surface area contributed by atoms with E-state index in [1.54, 1.807) is 0 Å². The Morgan fingerprint density at radius 2 is 1.42 bits per heavy atom. The Labute approximate surface area is 143 Å². The predicted octanol–water partition coefficient (Wildman–Crippen LogP) is 1.16. The third kappa shape index (κ3) is 5.97. The first-order valence-corrected chi connectivity index (χ1v) is 9.00. The molecule has 0 amide bonds. The van der Waals surface area contributed by atoms with Crippen LogP contribution >= 0.6 is 0 Å². The third-order valence-electron chi connectivity index (χ3n) is 4.66. The summed E-state index contributed by atoms with van der Waals surface area (Å²) in [6.45, 7) is 2.18. The molecule has 5 atom stereocenters. The van der Waals surface area contributed by atoms with E-state index in [4.69, 9.17) is 9.84 Å². The molecular weight excluding hydrogens is 316 g/mol. The summed E-state index contributed by atoms with van der Waals surface area (Å²) in [4.78, 5) is 11.0. The summed E-state index contributed by atoms with van der Waals surface area (Å²) in [6.07, 6.45) is 2.58. The molecule has 0 spiro atoms. The number of ether oxygens (including phenoxy) is 1. The SMILES string of the molecule is CCCCCCCCCCC[C@@]1(O)O[C@H](C(=O)O)[C@@H](O)[C@H](O)[C@H]1O. The van der Waals surface area contributed by atoms with Crippen LogP contribution in [0.15, 0.2) is 0 Å². The van der Waals surface area contributed by atoms with Gasteiger partial charge in [-0.2, -0.15) is 0 Å². The van der Waals surface area contributed by atoms with Crippen LogP contribution in [0.2, 0.25) is 0 Å². The van der Waals surface area contributed by atoms with Crippen molar-refractivity contribution in [2.24, 2.45) is 0 Å². The monoisotopic (exact) mass is 348 g/mol. The van der Waals surface area contributed by atoms with Crippen molar-refractivity contribution in [1.82, 2.24) is 0 Å². The number of hydrogen-bond acceptors (Lipinski definition) is 6. The van der Waals surface area contributed by atoms with Gasteiger partial charge in [0.2, 0.25) is 0 Å². The Hall–Kier alpha value is -0.730. The van der Waals surface area contributed by atoms with E-state index in [0.717, 1.165) is 19.3 Å². The fraction of sp³-hybridized carbons (Fsp3) is 0.941. The standard InChI is InChI=1S/C17H32O7/c1-2-3-4-5-6-7-8-9-10-11-17(23)15(20)13(19)12(18)14(24-17)16(21)22/h12-15,18-20,23H,2-11H2,1H3,(H,21,22)/t12-,13-,14-,15+,17+/m0/s1. The zero-order valence-electron chi connectivity index (χ0n) is 14.4. The lowest BCUT2D eigenvalue weighted by molar-refractivity contribution is -0.343. The van der Waals surface area contributed by atoms with Crippen LogP contribution in [0.5, 0.6) is 0 Å². The molecule has 1 rings (SSSR count). The molecule has 1 aliphatic rings. The predicted molar refractivity (Wildman–Crippen MR) is 87.3 cm³/mol. The maximum atomic E-state index is 11.0. The van der Waals surface area contributed by atoms with Crippen molar-refractivity contribution >= 4 is 5.97 Å². The van der Waals surface area contributed by atoms with Crippen LogP contribution in [0, 0.1) is 0 Å². The number of aliphatic carboxylic acids is 1. The lowest BCUT2D eigenvalue weighted by atomic mass is 9.89. The Balaban J connectivity index is 2.33. The Kier molecular flexibility index (Phi) is 9.15. The lowest BCUT2D eigenvalue weighted by Gasteiger charge is -2.44. The quantitative estimate of drug-likeness (QED) is 0.355. The number of carboxylic acids is 1. The van der Waals surface area contributed by atoms with E-state index in [9.17, 15) is 25.2 Å². The van der Waals surface area contributed by atoms with Crippen LogP contribution in [0.4, 0.5) is 0 Å². The van der Waals surface area contributed by atoms with E-state index >= 15 is 0 Å². The van der Waals surface area contributed by atoms with E-state index in [2.05, 4.69) is 6.92 Å². The summed E-state index contributed by atoms with van der Waals surface area (Å²) in [5, 5.41) is 48.6. The smallest absolute Gasteiger partial charge is 0.335 e. The lowest BCUT2D eigenvalue weighted by Crippen LogP contribution is -2.66. The zero-order valence-corrected chi connectivity index (χ0v) is 14.4. The molecule has 0 aromatic heterocycles. The van der Waals surface area contributed by atoms with Gasteiger partial charge >= 0.3 is 5.97 Å². The molecule has 1 aliphatic heterocycles. The second kappa shape index (κ2) is 10.3. The summed E-state index contributed by atoms with van der Waals surface area (Å²) in [5.41, 5.74) is 0. The van der Waals surface area contributed by atoms with E-state index < -0.39 is 36.2 Å². The van der Waals surface area contributed by atoms with Gasteiger partial charge in [0.05, 0.1) is 0 Å². The Morgan fingerprint density at radius 1 is 0.917 bits per heavy atom. The highest BCUT2D eigenvalue weighted by atomic mass is 16.7. The molecule has 1 heterocycles. The van der Waals surface area contributed by atoms with Crippen LogP contribution in [0.1, 0.15) is 71.1 Å².